The number of hydrogen-bond acceptors (Lipinski definition) is 3. The summed E-state index contributed by atoms with van der Waals surface area (Å²) >= 11 is 0. The third-order valence-corrected chi connectivity index (χ3v) is 7.27. The molecule has 0 saturated heterocycles. The Morgan fingerprint density at radius 2 is 2.00 bits per heavy atom. The predicted octanol–water partition coefficient (Wildman–Crippen LogP) is 5.56. The first-order chi connectivity index (χ1) is 14.7. The molecule has 1 fully saturated rings. The number of nitrogens with zero attached hydrogens (tertiary/aromatic N) is 1. The van der Waals surface area contributed by atoms with Crippen LogP contribution in [0.25, 0.3) is 0 Å². The number of likely N-dealkylation sites (N-methyl/N-ethyl adjacent to an activating group) is 1. The van der Waals surface area contributed by atoms with Gasteiger partial charge in [-0.1, -0.05) is 53.6 Å². The van der Waals surface area contributed by atoms with E-state index in [1.165, 1.54) is 16.7 Å². The van der Waals surface area contributed by atoms with Gasteiger partial charge in [0.2, 0.25) is 0 Å². The van der Waals surface area contributed by atoms with E-state index in [-0.39, 0.29) is 11.6 Å². The van der Waals surface area contributed by atoms with Crippen LogP contribution >= 0.6 is 0 Å². The molecule has 0 aliphatic heterocycles. The smallest absolute Gasteiger partial charge is 0.0611 e. The van der Waals surface area contributed by atoms with E-state index in [4.69, 9.17) is 4.74 Å². The first-order valence-corrected chi connectivity index (χ1v) is 12.1. The Morgan fingerprint density at radius 3 is 2.74 bits per heavy atom. The zero-order chi connectivity index (χ0) is 22.4. The van der Waals surface area contributed by atoms with Crippen molar-refractivity contribution in [3.05, 3.63) is 59.2 Å². The fraction of sp³-hybridized carbons (Fsp3) is 0.643. The molecule has 1 saturated carbocycles. The summed E-state index contributed by atoms with van der Waals surface area (Å²) in [5, 5.41) is 10.6. The Morgan fingerprint density at radius 1 is 1.19 bits per heavy atom. The Bertz CT molecular complexity index is 761. The van der Waals surface area contributed by atoms with Crippen LogP contribution in [0.1, 0.15) is 57.6 Å². The third kappa shape index (κ3) is 7.03. The molecule has 0 unspecified atom stereocenters. The number of hydrogen-bond donors (Lipinski definition) is 1. The zero-order valence-corrected chi connectivity index (χ0v) is 20.3. The van der Waals surface area contributed by atoms with Crippen LogP contribution in [0.15, 0.2) is 48.1 Å². The predicted molar refractivity (Wildman–Crippen MR) is 130 cm³/mol. The molecule has 1 N–H and O–H groups in total. The second-order valence-electron chi connectivity index (χ2n) is 10.6. The van der Waals surface area contributed by atoms with Gasteiger partial charge >= 0.3 is 0 Å². The number of benzene rings is 1. The van der Waals surface area contributed by atoms with Crippen molar-refractivity contribution in [2.45, 2.75) is 71.4 Å². The van der Waals surface area contributed by atoms with E-state index in [0.29, 0.717) is 17.8 Å². The Labute approximate surface area is 190 Å². The van der Waals surface area contributed by atoms with E-state index in [0.717, 1.165) is 51.9 Å². The maximum atomic E-state index is 10.6. The summed E-state index contributed by atoms with van der Waals surface area (Å²) in [4.78, 5) is 2.34. The summed E-state index contributed by atoms with van der Waals surface area (Å²) in [5.41, 5.74) is 4.45. The number of aliphatic hydroxyl groups excluding tert-OH is 1. The van der Waals surface area contributed by atoms with Crippen molar-refractivity contribution < 1.29 is 9.84 Å². The quantitative estimate of drug-likeness (QED) is 0.393. The summed E-state index contributed by atoms with van der Waals surface area (Å²) < 4.78 is 5.92. The minimum Gasteiger partial charge on any atom is -0.392 e. The average Bonchev–Trinajstić information content (AvgIpc) is 3.21. The van der Waals surface area contributed by atoms with Crippen LogP contribution in [0.3, 0.4) is 0 Å². The molecule has 3 nitrogen and oxygen atoms in total. The fourth-order valence-electron chi connectivity index (χ4n) is 5.00. The van der Waals surface area contributed by atoms with E-state index in [1.54, 1.807) is 0 Å². The van der Waals surface area contributed by atoms with Crippen LogP contribution in [0.2, 0.25) is 0 Å². The Kier molecular flexibility index (Phi) is 8.55. The number of rotatable bonds is 10. The first-order valence-electron chi connectivity index (χ1n) is 12.1. The molecule has 0 bridgehead atoms. The second-order valence-corrected chi connectivity index (χ2v) is 10.6. The van der Waals surface area contributed by atoms with Gasteiger partial charge in [-0.05, 0) is 84.2 Å². The first kappa shape index (κ1) is 24.2. The van der Waals surface area contributed by atoms with Gasteiger partial charge in [-0.2, -0.15) is 0 Å². The minimum atomic E-state index is -0.188. The summed E-state index contributed by atoms with van der Waals surface area (Å²) in [7, 11) is 2.16. The van der Waals surface area contributed by atoms with E-state index in [1.807, 2.05) is 0 Å². The van der Waals surface area contributed by atoms with Crippen LogP contribution in [0, 0.1) is 24.7 Å². The molecule has 0 radical (unpaired) electrons. The van der Waals surface area contributed by atoms with Crippen LogP contribution in [-0.4, -0.2) is 48.5 Å². The molecular weight excluding hydrogens is 382 g/mol. The largest absolute Gasteiger partial charge is 0.392 e. The number of allylic oxidation sites excluding steroid dienone is 2. The van der Waals surface area contributed by atoms with Crippen molar-refractivity contribution in [1.82, 2.24) is 4.90 Å². The third-order valence-electron chi connectivity index (χ3n) is 7.27. The van der Waals surface area contributed by atoms with Gasteiger partial charge in [-0.15, -0.1) is 0 Å². The van der Waals surface area contributed by atoms with E-state index in [2.05, 4.69) is 82.1 Å². The second kappa shape index (κ2) is 10.9. The molecule has 1 aromatic carbocycles. The lowest BCUT2D eigenvalue weighted by atomic mass is 9.89. The van der Waals surface area contributed by atoms with Gasteiger partial charge in [0.05, 0.1) is 19.3 Å². The summed E-state index contributed by atoms with van der Waals surface area (Å²) in [6, 6.07) is 8.76. The number of fused-ring (bicyclic) bond motifs is 1. The maximum Gasteiger partial charge on any atom is 0.0611 e. The monoisotopic (exact) mass is 425 g/mol. The standard InChI is InChI=1S/C28H43NO2/c1-21-9-8-11-22(17-21)10-6-7-12-25-26-19-23(18-24(26)20-27(25)30)13-15-31-16-14-29(5)28(2,3)4/h7-9,11-12,17-18,24-27,30H,6,10,13-16,19-20H2,1-5H3/t24-,25+,26-,27+/m0/s1. The number of aliphatic hydroxyl groups is 1. The average molecular weight is 426 g/mol. The lowest BCUT2D eigenvalue weighted by Gasteiger charge is -2.31. The Hall–Kier alpha value is -1.42. The molecular formula is C28H43NO2. The van der Waals surface area contributed by atoms with Gasteiger partial charge in [0.1, 0.15) is 0 Å². The topological polar surface area (TPSA) is 32.7 Å². The van der Waals surface area contributed by atoms with Gasteiger partial charge in [0.15, 0.2) is 0 Å². The molecule has 3 heteroatoms. The molecule has 0 spiro atoms. The molecule has 172 valence electrons. The molecule has 2 aliphatic rings. The van der Waals surface area contributed by atoms with Gasteiger partial charge in [0, 0.05) is 18.0 Å². The van der Waals surface area contributed by atoms with E-state index in [9.17, 15) is 5.11 Å². The highest BCUT2D eigenvalue weighted by Crippen LogP contribution is 2.47. The van der Waals surface area contributed by atoms with Crippen molar-refractivity contribution in [2.75, 3.05) is 26.8 Å². The van der Waals surface area contributed by atoms with E-state index >= 15 is 0 Å². The molecule has 2 aliphatic carbocycles. The van der Waals surface area contributed by atoms with Crippen molar-refractivity contribution in [3.8, 4) is 0 Å². The molecule has 0 amide bonds. The highest BCUT2D eigenvalue weighted by Gasteiger charge is 2.43. The zero-order valence-electron chi connectivity index (χ0n) is 20.3. The van der Waals surface area contributed by atoms with Crippen LogP contribution < -0.4 is 0 Å². The van der Waals surface area contributed by atoms with Crippen molar-refractivity contribution >= 4 is 0 Å². The lowest BCUT2D eigenvalue weighted by molar-refractivity contribution is 0.0820. The maximum absolute atomic E-state index is 10.6. The highest BCUT2D eigenvalue weighted by atomic mass is 16.5. The lowest BCUT2D eigenvalue weighted by Crippen LogP contribution is -2.40. The molecule has 0 aromatic heterocycles. The molecule has 0 heterocycles. The molecule has 4 atom stereocenters. The summed E-state index contributed by atoms with van der Waals surface area (Å²) in [6.45, 7) is 11.4. The molecule has 1 aromatic rings. The number of ether oxygens (including phenoxy) is 1. The summed E-state index contributed by atoms with van der Waals surface area (Å²) in [6.07, 6.45) is 12.0. The molecule has 3 rings (SSSR count). The van der Waals surface area contributed by atoms with Gasteiger partial charge in [-0.25, -0.2) is 0 Å². The normalized spacial score (nSPS) is 26.1. The van der Waals surface area contributed by atoms with Crippen LogP contribution in [0.4, 0.5) is 0 Å². The van der Waals surface area contributed by atoms with Crippen LogP contribution in [0.5, 0.6) is 0 Å². The SMILES string of the molecule is Cc1cccc(CCC=C[C@@H]2[C@H]3CC(CCOCCN(C)C(C)(C)C)=C[C@H]3C[C@H]2O)c1. The van der Waals surface area contributed by atoms with Crippen molar-refractivity contribution in [2.24, 2.45) is 17.8 Å². The van der Waals surface area contributed by atoms with Gasteiger partial charge < -0.3 is 9.84 Å². The molecule has 31 heavy (non-hydrogen) atoms. The number of aryl methyl sites for hydroxylation is 2. The fourth-order valence-corrected chi connectivity index (χ4v) is 5.00. The Balaban J connectivity index is 1.38. The van der Waals surface area contributed by atoms with Crippen LogP contribution in [-0.2, 0) is 11.2 Å². The minimum absolute atomic E-state index is 0.188. The summed E-state index contributed by atoms with van der Waals surface area (Å²) in [5.74, 6) is 1.42. The van der Waals surface area contributed by atoms with Crippen molar-refractivity contribution in [1.29, 1.82) is 0 Å². The highest BCUT2D eigenvalue weighted by molar-refractivity contribution is 5.23. The van der Waals surface area contributed by atoms with E-state index < -0.39 is 0 Å². The van der Waals surface area contributed by atoms with Crippen molar-refractivity contribution in [3.63, 3.8) is 0 Å². The van der Waals surface area contributed by atoms with Gasteiger partial charge in [0.25, 0.3) is 0 Å². The van der Waals surface area contributed by atoms with Gasteiger partial charge in [-0.3, -0.25) is 4.90 Å².